The molecule has 25 heavy (non-hydrogen) atoms. The molecule has 6 heteroatoms. The molecule has 1 atom stereocenters. The topological polar surface area (TPSA) is 72.3 Å². The molecule has 0 unspecified atom stereocenters. The maximum Gasteiger partial charge on any atom is 0.237 e. The third-order valence-corrected chi connectivity index (χ3v) is 5.48. The van der Waals surface area contributed by atoms with Crippen LogP contribution in [0.4, 0.5) is 5.82 Å². The van der Waals surface area contributed by atoms with Gasteiger partial charge in [0.1, 0.15) is 11.9 Å². The molecular weight excluding hydrogens is 314 g/mol. The van der Waals surface area contributed by atoms with Crippen molar-refractivity contribution < 1.29 is 4.79 Å². The number of carbonyl (C=O) groups is 1. The van der Waals surface area contributed by atoms with Gasteiger partial charge in [0.2, 0.25) is 5.91 Å². The molecule has 3 rings (SSSR count). The van der Waals surface area contributed by atoms with Crippen LogP contribution in [-0.4, -0.2) is 53.6 Å². The number of aromatic nitrogens is 1. The SMILES string of the molecule is Cc1ccc(N2CCC(C)(NCC(=O)N3CCC[C@H]3C#N)CC2)nc1. The van der Waals surface area contributed by atoms with E-state index in [9.17, 15) is 4.79 Å². The molecule has 0 radical (unpaired) electrons. The smallest absolute Gasteiger partial charge is 0.237 e. The first-order valence-electron chi connectivity index (χ1n) is 9.12. The van der Waals surface area contributed by atoms with Crippen molar-refractivity contribution in [3.8, 4) is 6.07 Å². The second-order valence-electron chi connectivity index (χ2n) is 7.47. The molecule has 2 aliphatic rings. The minimum absolute atomic E-state index is 0.0429. The van der Waals surface area contributed by atoms with Gasteiger partial charge in [0.15, 0.2) is 0 Å². The largest absolute Gasteiger partial charge is 0.356 e. The molecule has 134 valence electrons. The summed E-state index contributed by atoms with van der Waals surface area (Å²) in [5.74, 6) is 1.07. The van der Waals surface area contributed by atoms with Crippen molar-refractivity contribution in [1.82, 2.24) is 15.2 Å². The highest BCUT2D eigenvalue weighted by Crippen LogP contribution is 2.25. The fourth-order valence-corrected chi connectivity index (χ4v) is 3.64. The zero-order valence-electron chi connectivity index (χ0n) is 15.2. The first-order chi connectivity index (χ1) is 12.0. The Morgan fingerprint density at radius 1 is 1.40 bits per heavy atom. The number of pyridine rings is 1. The maximum atomic E-state index is 12.4. The number of hydrogen-bond donors (Lipinski definition) is 1. The minimum atomic E-state index is -0.239. The van der Waals surface area contributed by atoms with Gasteiger partial charge < -0.3 is 15.1 Å². The van der Waals surface area contributed by atoms with Gasteiger partial charge in [-0.05, 0) is 51.2 Å². The molecule has 2 fully saturated rings. The zero-order valence-corrected chi connectivity index (χ0v) is 15.2. The zero-order chi connectivity index (χ0) is 17.9. The molecule has 0 spiro atoms. The highest BCUT2D eigenvalue weighted by molar-refractivity contribution is 5.79. The van der Waals surface area contributed by atoms with Crippen LogP contribution in [0.15, 0.2) is 18.3 Å². The number of anilines is 1. The third-order valence-electron chi connectivity index (χ3n) is 5.48. The standard InChI is InChI=1S/C19H27N5O/c1-15-5-6-17(21-13-15)23-10-7-19(2,8-11-23)22-14-18(25)24-9-3-4-16(24)12-20/h5-6,13,16,22H,3-4,7-11,14H2,1-2H3/t16-/m0/s1. The summed E-state index contributed by atoms with van der Waals surface area (Å²) in [4.78, 5) is 20.9. The summed E-state index contributed by atoms with van der Waals surface area (Å²) in [7, 11) is 0. The van der Waals surface area contributed by atoms with E-state index in [4.69, 9.17) is 5.26 Å². The van der Waals surface area contributed by atoms with Gasteiger partial charge in [-0.3, -0.25) is 4.79 Å². The highest BCUT2D eigenvalue weighted by Gasteiger charge is 2.33. The van der Waals surface area contributed by atoms with Crippen molar-refractivity contribution in [2.24, 2.45) is 0 Å². The second kappa shape index (κ2) is 7.40. The fraction of sp³-hybridized carbons (Fsp3) is 0.632. The van der Waals surface area contributed by atoms with Gasteiger partial charge in [0.05, 0.1) is 12.6 Å². The third kappa shape index (κ3) is 4.10. The van der Waals surface area contributed by atoms with Crippen LogP contribution < -0.4 is 10.2 Å². The van der Waals surface area contributed by atoms with E-state index in [1.54, 1.807) is 4.90 Å². The van der Waals surface area contributed by atoms with E-state index in [1.165, 1.54) is 5.56 Å². The Morgan fingerprint density at radius 2 is 2.16 bits per heavy atom. The Balaban J connectivity index is 1.50. The van der Waals surface area contributed by atoms with Gasteiger partial charge in [-0.1, -0.05) is 6.07 Å². The van der Waals surface area contributed by atoms with Gasteiger partial charge in [0.25, 0.3) is 0 Å². The summed E-state index contributed by atoms with van der Waals surface area (Å²) in [6, 6.07) is 6.16. The molecule has 1 amide bonds. The summed E-state index contributed by atoms with van der Waals surface area (Å²) in [5, 5.41) is 12.6. The van der Waals surface area contributed by atoms with Gasteiger partial charge in [-0.25, -0.2) is 4.98 Å². The lowest BCUT2D eigenvalue weighted by Gasteiger charge is -2.40. The lowest BCUT2D eigenvalue weighted by Crippen LogP contribution is -2.54. The van der Waals surface area contributed by atoms with Crippen molar-refractivity contribution >= 4 is 11.7 Å². The van der Waals surface area contributed by atoms with Crippen LogP contribution in [0.25, 0.3) is 0 Å². The van der Waals surface area contributed by atoms with E-state index in [1.807, 2.05) is 13.1 Å². The summed E-state index contributed by atoms with van der Waals surface area (Å²) < 4.78 is 0. The van der Waals surface area contributed by atoms with Crippen molar-refractivity contribution in [3.63, 3.8) is 0 Å². The molecule has 0 saturated carbocycles. The van der Waals surface area contributed by atoms with E-state index in [-0.39, 0.29) is 17.5 Å². The Morgan fingerprint density at radius 3 is 2.80 bits per heavy atom. The number of aryl methyl sites for hydroxylation is 1. The van der Waals surface area contributed by atoms with E-state index >= 15 is 0 Å². The normalized spacial score (nSPS) is 22.7. The van der Waals surface area contributed by atoms with Crippen LogP contribution in [0.1, 0.15) is 38.2 Å². The number of rotatable bonds is 4. The number of nitrogens with zero attached hydrogens (tertiary/aromatic N) is 4. The number of hydrogen-bond acceptors (Lipinski definition) is 5. The monoisotopic (exact) mass is 341 g/mol. The molecular formula is C19H27N5O. The molecule has 3 heterocycles. The number of piperidine rings is 1. The number of carbonyl (C=O) groups excluding carboxylic acids is 1. The maximum absolute atomic E-state index is 12.4. The highest BCUT2D eigenvalue weighted by atomic mass is 16.2. The molecule has 1 aromatic rings. The molecule has 0 aliphatic carbocycles. The first-order valence-corrected chi connectivity index (χ1v) is 9.12. The summed E-state index contributed by atoms with van der Waals surface area (Å²) in [6.07, 6.45) is 5.58. The van der Waals surface area contributed by atoms with Crippen LogP contribution in [0.5, 0.6) is 0 Å². The van der Waals surface area contributed by atoms with Crippen LogP contribution in [0, 0.1) is 18.3 Å². The van der Waals surface area contributed by atoms with Crippen LogP contribution >= 0.6 is 0 Å². The molecule has 1 aromatic heterocycles. The van der Waals surface area contributed by atoms with E-state index < -0.39 is 0 Å². The van der Waals surface area contributed by atoms with Crippen molar-refractivity contribution in [3.05, 3.63) is 23.9 Å². The lowest BCUT2D eigenvalue weighted by molar-refractivity contribution is -0.130. The van der Waals surface area contributed by atoms with E-state index in [0.29, 0.717) is 13.1 Å². The van der Waals surface area contributed by atoms with Crippen molar-refractivity contribution in [2.45, 2.75) is 51.1 Å². The first kappa shape index (κ1) is 17.7. The Kier molecular flexibility index (Phi) is 5.24. The number of amides is 1. The number of nitrogens with one attached hydrogen (secondary N) is 1. The minimum Gasteiger partial charge on any atom is -0.356 e. The molecule has 1 N–H and O–H groups in total. The molecule has 2 aliphatic heterocycles. The Hall–Kier alpha value is -2.13. The van der Waals surface area contributed by atoms with Gasteiger partial charge >= 0.3 is 0 Å². The van der Waals surface area contributed by atoms with E-state index in [0.717, 1.165) is 44.6 Å². The Labute approximate surface area is 149 Å². The second-order valence-corrected chi connectivity index (χ2v) is 7.47. The number of likely N-dealkylation sites (tertiary alicyclic amines) is 1. The Bertz CT molecular complexity index is 643. The van der Waals surface area contributed by atoms with Crippen LogP contribution in [-0.2, 0) is 4.79 Å². The quantitative estimate of drug-likeness (QED) is 0.905. The predicted octanol–water partition coefficient (Wildman–Crippen LogP) is 1.85. The van der Waals surface area contributed by atoms with E-state index in [2.05, 4.69) is 40.3 Å². The molecule has 0 aromatic carbocycles. The molecule has 2 saturated heterocycles. The lowest BCUT2D eigenvalue weighted by atomic mass is 9.89. The van der Waals surface area contributed by atoms with Gasteiger partial charge in [-0.15, -0.1) is 0 Å². The summed E-state index contributed by atoms with van der Waals surface area (Å²) in [5.41, 5.74) is 1.13. The fourth-order valence-electron chi connectivity index (χ4n) is 3.64. The number of nitriles is 1. The van der Waals surface area contributed by atoms with Gasteiger partial charge in [-0.2, -0.15) is 5.26 Å². The van der Waals surface area contributed by atoms with Gasteiger partial charge in [0, 0.05) is 31.4 Å². The van der Waals surface area contributed by atoms with Crippen LogP contribution in [0.3, 0.4) is 0 Å². The predicted molar refractivity (Wildman–Crippen MR) is 97.2 cm³/mol. The molecule has 0 bridgehead atoms. The van der Waals surface area contributed by atoms with Crippen LogP contribution in [0.2, 0.25) is 0 Å². The molecule has 6 nitrogen and oxygen atoms in total. The summed E-state index contributed by atoms with van der Waals surface area (Å²) >= 11 is 0. The van der Waals surface area contributed by atoms with Crippen molar-refractivity contribution in [1.29, 1.82) is 5.26 Å². The average Bonchev–Trinajstić information content (AvgIpc) is 3.10. The summed E-state index contributed by atoms with van der Waals surface area (Å²) in [6.45, 7) is 7.12. The van der Waals surface area contributed by atoms with Crippen molar-refractivity contribution in [2.75, 3.05) is 31.1 Å². The average molecular weight is 341 g/mol.